The van der Waals surface area contributed by atoms with E-state index in [4.69, 9.17) is 9.47 Å². The molecule has 1 aliphatic heterocycles. The molecule has 61 heavy (non-hydrogen) atoms. The molecule has 1 amide bonds. The Morgan fingerprint density at radius 1 is 0.770 bits per heavy atom. The van der Waals surface area contributed by atoms with Crippen molar-refractivity contribution in [1.29, 1.82) is 0 Å². The number of aryl methyl sites for hydroxylation is 2. The number of pyridine rings is 2. The second-order valence-corrected chi connectivity index (χ2v) is 18.1. The zero-order valence-electron chi connectivity index (χ0n) is 33.5. The number of rotatable bonds is 8. The van der Waals surface area contributed by atoms with E-state index < -0.39 is 11.6 Å². The van der Waals surface area contributed by atoms with E-state index >= 15 is 0 Å². The topological polar surface area (TPSA) is 207 Å². The molecule has 11 rings (SSSR count). The molecule has 0 radical (unpaired) electrons. The van der Waals surface area contributed by atoms with Crippen molar-refractivity contribution < 1.29 is 29.3 Å². The van der Waals surface area contributed by atoms with Gasteiger partial charge in [-0.05, 0) is 80.8 Å². The molecule has 8 aromatic rings. The van der Waals surface area contributed by atoms with Gasteiger partial charge in [-0.2, -0.15) is 10.2 Å². The SMILES string of the molecule is COc1cn2nccc2cc1Nc1ncnc2sc3c(c12)CC[C@H](C(=O)N1CC(C)(O)C1)C3.COc1cn2nccc2cc1Nc1ncnc2sc3c(c12)CC[C@H](C(=O)O)C3. The Labute approximate surface area is 356 Å². The molecule has 0 bridgehead atoms. The van der Waals surface area contributed by atoms with Crippen LogP contribution in [0.25, 0.3) is 31.5 Å². The van der Waals surface area contributed by atoms with E-state index in [1.165, 1.54) is 16.8 Å². The molecule has 1 fully saturated rings. The summed E-state index contributed by atoms with van der Waals surface area (Å²) in [7, 11) is 3.25. The summed E-state index contributed by atoms with van der Waals surface area (Å²) in [5.41, 5.74) is 5.11. The number of amides is 1. The van der Waals surface area contributed by atoms with Crippen LogP contribution in [0.3, 0.4) is 0 Å². The average Bonchev–Trinajstić information content (AvgIpc) is 4.06. The zero-order chi connectivity index (χ0) is 42.0. The number of nitrogens with one attached hydrogen (secondary N) is 2. The molecular formula is C42H41N11O6S2. The summed E-state index contributed by atoms with van der Waals surface area (Å²) < 4.78 is 14.6. The Kier molecular flexibility index (Phi) is 9.67. The van der Waals surface area contributed by atoms with Crippen LogP contribution in [0.2, 0.25) is 0 Å². The molecule has 3 aliphatic rings. The molecule has 4 N–H and O–H groups in total. The van der Waals surface area contributed by atoms with Crippen LogP contribution >= 0.6 is 22.7 Å². The van der Waals surface area contributed by atoms with Crippen LogP contribution in [0.4, 0.5) is 23.0 Å². The summed E-state index contributed by atoms with van der Waals surface area (Å²) in [6, 6.07) is 7.79. The van der Waals surface area contributed by atoms with E-state index in [9.17, 15) is 19.8 Å². The standard InChI is InChI=1S/C23H24N6O3S.C19H17N5O3S/c1-23(31)10-28(11-23)22(30)13-3-4-15-18(7-13)33-21-19(15)20(24-12-25-21)27-16-8-14-5-6-26-29(14)9-17(16)32-2;1-27-14-8-24-11(4-5-22-24)7-13(14)23-17-16-12-3-2-10(19(25)26)6-15(12)28-18(16)21-9-20-17/h5-6,8-9,12-13,31H,3-4,7,10-11H2,1-2H3,(H,24,25,27);4-5,7-10H,2-3,6H2,1H3,(H,25,26)(H,20,21,23)/t13-;10-/m00/s1. The lowest BCUT2D eigenvalue weighted by molar-refractivity contribution is -0.157. The Hall–Kier alpha value is -6.44. The largest absolute Gasteiger partial charge is 0.493 e. The number of methoxy groups -OCH3 is 2. The third-order valence-corrected chi connectivity index (χ3v) is 14.0. The zero-order valence-corrected chi connectivity index (χ0v) is 35.1. The Morgan fingerprint density at radius 2 is 1.26 bits per heavy atom. The van der Waals surface area contributed by atoms with Crippen LogP contribution in [0.5, 0.6) is 11.5 Å². The third kappa shape index (κ3) is 7.11. The van der Waals surface area contributed by atoms with Gasteiger partial charge >= 0.3 is 5.97 Å². The number of aromatic nitrogens is 8. The number of ether oxygens (including phenoxy) is 2. The number of carbonyl (C=O) groups excluding carboxylic acids is 1. The first-order chi connectivity index (χ1) is 29.6. The van der Waals surface area contributed by atoms with Crippen LogP contribution < -0.4 is 20.1 Å². The van der Waals surface area contributed by atoms with Crippen molar-refractivity contribution in [3.05, 3.63) is 82.6 Å². The van der Waals surface area contributed by atoms with E-state index in [2.05, 4.69) is 40.8 Å². The van der Waals surface area contributed by atoms with Gasteiger partial charge in [0.2, 0.25) is 5.91 Å². The van der Waals surface area contributed by atoms with Gasteiger partial charge in [-0.15, -0.1) is 22.7 Å². The molecule has 17 nitrogen and oxygen atoms in total. The Balaban J connectivity index is 0.000000148. The number of aliphatic carboxylic acids is 1. The third-order valence-electron chi connectivity index (χ3n) is 11.7. The molecule has 19 heteroatoms. The quantitative estimate of drug-likeness (QED) is 0.137. The molecule has 0 aromatic carbocycles. The predicted octanol–water partition coefficient (Wildman–Crippen LogP) is 6.07. The number of thiophene rings is 2. The van der Waals surface area contributed by atoms with Gasteiger partial charge < -0.3 is 35.2 Å². The smallest absolute Gasteiger partial charge is 0.306 e. The molecule has 0 saturated carbocycles. The highest BCUT2D eigenvalue weighted by Crippen LogP contribution is 2.43. The molecule has 9 heterocycles. The first-order valence-corrected chi connectivity index (χ1v) is 21.5. The van der Waals surface area contributed by atoms with Crippen molar-refractivity contribution in [2.45, 2.75) is 51.0 Å². The summed E-state index contributed by atoms with van der Waals surface area (Å²) in [6.45, 7) is 2.61. The van der Waals surface area contributed by atoms with E-state index in [1.807, 2.05) is 36.7 Å². The van der Waals surface area contributed by atoms with Crippen LogP contribution in [-0.4, -0.2) is 99.1 Å². The van der Waals surface area contributed by atoms with Crippen molar-refractivity contribution in [1.82, 2.24) is 44.1 Å². The van der Waals surface area contributed by atoms with Gasteiger partial charge in [0, 0.05) is 28.1 Å². The van der Waals surface area contributed by atoms with Crippen LogP contribution in [0, 0.1) is 11.8 Å². The van der Waals surface area contributed by atoms with Crippen molar-refractivity contribution in [2.75, 3.05) is 37.9 Å². The normalized spacial score (nSPS) is 17.9. The molecular weight excluding hydrogens is 819 g/mol. The van der Waals surface area contributed by atoms with E-state index in [-0.39, 0.29) is 17.7 Å². The summed E-state index contributed by atoms with van der Waals surface area (Å²) in [5, 5.41) is 36.7. The van der Waals surface area contributed by atoms with Gasteiger partial charge in [-0.25, -0.2) is 29.0 Å². The number of anilines is 4. The first-order valence-electron chi connectivity index (χ1n) is 19.9. The van der Waals surface area contributed by atoms with E-state index in [1.54, 1.807) is 76.5 Å². The van der Waals surface area contributed by atoms with Crippen molar-refractivity contribution in [3.8, 4) is 11.5 Å². The number of likely N-dealkylation sites (tertiary alicyclic amines) is 1. The minimum absolute atomic E-state index is 0.0459. The molecule has 2 aliphatic carbocycles. The number of carboxylic acid groups (broad SMARTS) is 1. The maximum Gasteiger partial charge on any atom is 0.306 e. The maximum atomic E-state index is 12.9. The fraction of sp³-hybridized carbons (Fsp3) is 0.333. The van der Waals surface area contributed by atoms with Gasteiger partial charge in [0.1, 0.15) is 34.0 Å². The van der Waals surface area contributed by atoms with Crippen LogP contribution in [-0.2, 0) is 35.3 Å². The molecule has 0 unspecified atom stereocenters. The Bertz CT molecular complexity index is 3000. The molecule has 2 atom stereocenters. The van der Waals surface area contributed by atoms with Crippen molar-refractivity contribution in [3.63, 3.8) is 0 Å². The second kappa shape index (κ2) is 15.2. The number of fused-ring (bicyclic) bond motifs is 8. The highest BCUT2D eigenvalue weighted by atomic mass is 32.1. The van der Waals surface area contributed by atoms with Crippen LogP contribution in [0.1, 0.15) is 40.6 Å². The molecule has 0 spiro atoms. The number of β-amino-alcohol motifs (C(OH)–C–C–N with tert-alkyl or cyclic N) is 1. The minimum atomic E-state index is -0.746. The fourth-order valence-corrected chi connectivity index (χ4v) is 11.2. The summed E-state index contributed by atoms with van der Waals surface area (Å²) in [5.74, 6) is 1.81. The van der Waals surface area contributed by atoms with Gasteiger partial charge in [0.25, 0.3) is 0 Å². The summed E-state index contributed by atoms with van der Waals surface area (Å²) >= 11 is 3.20. The minimum Gasteiger partial charge on any atom is -0.493 e. The Morgan fingerprint density at radius 3 is 1.74 bits per heavy atom. The van der Waals surface area contributed by atoms with Gasteiger partial charge in [0.05, 0.1) is 84.4 Å². The monoisotopic (exact) mass is 859 g/mol. The van der Waals surface area contributed by atoms with Crippen molar-refractivity contribution >= 4 is 89.0 Å². The van der Waals surface area contributed by atoms with Gasteiger partial charge in [0.15, 0.2) is 11.5 Å². The summed E-state index contributed by atoms with van der Waals surface area (Å²) in [6.07, 6.45) is 14.4. The molecule has 1 saturated heterocycles. The number of hydrogen-bond donors (Lipinski definition) is 4. The first kappa shape index (κ1) is 38.7. The second-order valence-electron chi connectivity index (χ2n) is 15.9. The maximum absolute atomic E-state index is 12.9. The molecule has 8 aromatic heterocycles. The van der Waals surface area contributed by atoms with Crippen LogP contribution in [0.15, 0.2) is 61.7 Å². The van der Waals surface area contributed by atoms with E-state index in [0.29, 0.717) is 56.1 Å². The highest BCUT2D eigenvalue weighted by molar-refractivity contribution is 7.19. The lowest BCUT2D eigenvalue weighted by Crippen LogP contribution is -2.63. The number of hydrogen-bond acceptors (Lipinski definition) is 15. The number of aliphatic hydroxyl groups is 1. The lowest BCUT2D eigenvalue weighted by Gasteiger charge is -2.45. The molecule has 312 valence electrons. The van der Waals surface area contributed by atoms with Crippen molar-refractivity contribution in [2.24, 2.45) is 11.8 Å². The highest BCUT2D eigenvalue weighted by Gasteiger charge is 2.42. The van der Waals surface area contributed by atoms with Gasteiger partial charge in [-0.3, -0.25) is 9.59 Å². The number of nitrogens with zero attached hydrogens (tertiary/aromatic N) is 9. The summed E-state index contributed by atoms with van der Waals surface area (Å²) in [4.78, 5) is 48.1. The average molecular weight is 860 g/mol. The number of carbonyl (C=O) groups is 2. The number of carboxylic acids is 1. The lowest BCUT2D eigenvalue weighted by atomic mass is 9.85. The fourth-order valence-electron chi connectivity index (χ4n) is 8.69. The van der Waals surface area contributed by atoms with E-state index in [0.717, 1.165) is 71.9 Å². The predicted molar refractivity (Wildman–Crippen MR) is 231 cm³/mol. The van der Waals surface area contributed by atoms with Gasteiger partial charge in [-0.1, -0.05) is 0 Å².